The Labute approximate surface area is 73.0 Å². The standard InChI is InChI=1S/C9H14N3/c1-2-3-5-12-9-4-6-11-7-8(9)10/h4,6-7H,1-3,5,10H2,(H,11,12). The molecule has 1 aromatic rings. The second-order valence-electron chi connectivity index (χ2n) is 2.60. The van der Waals surface area contributed by atoms with Crippen LogP contribution in [0.5, 0.6) is 0 Å². The number of hydrogen-bond acceptors (Lipinski definition) is 3. The zero-order chi connectivity index (χ0) is 8.81. The van der Waals surface area contributed by atoms with Crippen molar-refractivity contribution >= 4 is 11.4 Å². The highest BCUT2D eigenvalue weighted by Crippen LogP contribution is 2.14. The second kappa shape index (κ2) is 4.59. The summed E-state index contributed by atoms with van der Waals surface area (Å²) in [4.78, 5) is 3.90. The number of anilines is 2. The average molecular weight is 164 g/mol. The van der Waals surface area contributed by atoms with E-state index < -0.39 is 0 Å². The van der Waals surface area contributed by atoms with Gasteiger partial charge in [0.2, 0.25) is 0 Å². The molecule has 3 N–H and O–H groups in total. The lowest BCUT2D eigenvalue weighted by molar-refractivity contribution is 0.887. The molecule has 0 fully saturated rings. The Morgan fingerprint density at radius 3 is 3.08 bits per heavy atom. The fraction of sp³-hybridized carbons (Fsp3) is 0.333. The van der Waals surface area contributed by atoms with Crippen LogP contribution in [-0.2, 0) is 0 Å². The van der Waals surface area contributed by atoms with Gasteiger partial charge in [-0.15, -0.1) is 0 Å². The molecule has 0 saturated heterocycles. The van der Waals surface area contributed by atoms with E-state index in [2.05, 4.69) is 17.2 Å². The lowest BCUT2D eigenvalue weighted by atomic mass is 10.3. The molecule has 3 nitrogen and oxygen atoms in total. The first-order valence-corrected chi connectivity index (χ1v) is 4.07. The topological polar surface area (TPSA) is 50.9 Å². The zero-order valence-corrected chi connectivity index (χ0v) is 7.09. The molecule has 12 heavy (non-hydrogen) atoms. The Hall–Kier alpha value is -1.25. The van der Waals surface area contributed by atoms with Crippen molar-refractivity contribution in [3.63, 3.8) is 0 Å². The lowest BCUT2D eigenvalue weighted by Crippen LogP contribution is -2.03. The molecule has 1 rings (SSSR count). The van der Waals surface area contributed by atoms with Crippen molar-refractivity contribution in [3.05, 3.63) is 25.4 Å². The summed E-state index contributed by atoms with van der Waals surface area (Å²) >= 11 is 0. The van der Waals surface area contributed by atoms with Crippen molar-refractivity contribution in [2.24, 2.45) is 0 Å². The molecule has 0 unspecified atom stereocenters. The van der Waals surface area contributed by atoms with Crippen LogP contribution in [0.3, 0.4) is 0 Å². The van der Waals surface area contributed by atoms with Gasteiger partial charge in [-0.05, 0) is 12.5 Å². The number of rotatable bonds is 4. The molecule has 0 bridgehead atoms. The molecule has 0 aliphatic carbocycles. The average Bonchev–Trinajstić information content (AvgIpc) is 2.09. The number of aromatic nitrogens is 1. The van der Waals surface area contributed by atoms with Crippen LogP contribution in [0, 0.1) is 6.92 Å². The predicted octanol–water partition coefficient (Wildman–Crippen LogP) is 1.69. The molecule has 1 radical (unpaired) electrons. The van der Waals surface area contributed by atoms with Gasteiger partial charge in [-0.2, -0.15) is 0 Å². The Morgan fingerprint density at radius 1 is 1.58 bits per heavy atom. The maximum atomic E-state index is 5.66. The van der Waals surface area contributed by atoms with Gasteiger partial charge in [0.25, 0.3) is 0 Å². The van der Waals surface area contributed by atoms with Crippen molar-refractivity contribution < 1.29 is 0 Å². The minimum Gasteiger partial charge on any atom is -0.396 e. The molecule has 0 amide bonds. The maximum Gasteiger partial charge on any atom is 0.0736 e. The van der Waals surface area contributed by atoms with Crippen molar-refractivity contribution in [3.8, 4) is 0 Å². The molecule has 1 aromatic heterocycles. The normalized spacial score (nSPS) is 9.75. The van der Waals surface area contributed by atoms with Crippen molar-refractivity contribution in [1.82, 2.24) is 4.98 Å². The van der Waals surface area contributed by atoms with Crippen molar-refractivity contribution in [2.45, 2.75) is 12.8 Å². The lowest BCUT2D eigenvalue weighted by Gasteiger charge is -2.06. The van der Waals surface area contributed by atoms with E-state index in [4.69, 9.17) is 5.73 Å². The molecule has 3 heteroatoms. The monoisotopic (exact) mass is 164 g/mol. The summed E-state index contributed by atoms with van der Waals surface area (Å²) in [5, 5.41) is 3.21. The molecular formula is C9H14N3. The predicted molar refractivity (Wildman–Crippen MR) is 51.7 cm³/mol. The Bertz CT molecular complexity index is 235. The van der Waals surface area contributed by atoms with Crippen molar-refractivity contribution in [1.29, 1.82) is 0 Å². The minimum absolute atomic E-state index is 0.696. The van der Waals surface area contributed by atoms with Gasteiger partial charge in [0.15, 0.2) is 0 Å². The van der Waals surface area contributed by atoms with Gasteiger partial charge < -0.3 is 11.1 Å². The maximum absolute atomic E-state index is 5.66. The van der Waals surface area contributed by atoms with Gasteiger partial charge >= 0.3 is 0 Å². The number of nitrogens with one attached hydrogen (secondary N) is 1. The van der Waals surface area contributed by atoms with Gasteiger partial charge in [0.1, 0.15) is 0 Å². The van der Waals surface area contributed by atoms with Crippen LogP contribution in [0.15, 0.2) is 18.5 Å². The number of nitrogens with zero attached hydrogens (tertiary/aromatic N) is 1. The third kappa shape index (κ3) is 2.42. The third-order valence-corrected chi connectivity index (χ3v) is 1.59. The van der Waals surface area contributed by atoms with Gasteiger partial charge in [-0.25, -0.2) is 0 Å². The molecule has 0 aromatic carbocycles. The fourth-order valence-electron chi connectivity index (χ4n) is 0.916. The van der Waals surface area contributed by atoms with E-state index in [0.717, 1.165) is 25.1 Å². The van der Waals surface area contributed by atoms with E-state index in [1.54, 1.807) is 12.4 Å². The third-order valence-electron chi connectivity index (χ3n) is 1.59. The van der Waals surface area contributed by atoms with E-state index in [1.807, 2.05) is 6.07 Å². The number of hydrogen-bond donors (Lipinski definition) is 2. The zero-order valence-electron chi connectivity index (χ0n) is 7.09. The van der Waals surface area contributed by atoms with Crippen LogP contribution in [0.1, 0.15) is 12.8 Å². The summed E-state index contributed by atoms with van der Waals surface area (Å²) in [5.41, 5.74) is 7.31. The summed E-state index contributed by atoms with van der Waals surface area (Å²) in [5.74, 6) is 0. The number of unbranched alkanes of at least 4 members (excludes halogenated alkanes) is 1. The summed E-state index contributed by atoms with van der Waals surface area (Å²) in [6, 6.07) is 1.87. The largest absolute Gasteiger partial charge is 0.396 e. The smallest absolute Gasteiger partial charge is 0.0736 e. The van der Waals surface area contributed by atoms with Gasteiger partial charge in [0, 0.05) is 12.7 Å². The molecule has 0 spiro atoms. The van der Waals surface area contributed by atoms with Crippen LogP contribution >= 0.6 is 0 Å². The number of nitrogens with two attached hydrogens (primary N) is 1. The molecule has 0 aliphatic rings. The quantitative estimate of drug-likeness (QED) is 0.666. The molecule has 65 valence electrons. The first-order valence-electron chi connectivity index (χ1n) is 4.07. The Kier molecular flexibility index (Phi) is 3.38. The first-order chi connectivity index (χ1) is 5.84. The molecule has 0 aliphatic heterocycles. The van der Waals surface area contributed by atoms with Crippen LogP contribution < -0.4 is 11.1 Å². The van der Waals surface area contributed by atoms with E-state index in [0.29, 0.717) is 5.69 Å². The summed E-state index contributed by atoms with van der Waals surface area (Å²) in [7, 11) is 0. The van der Waals surface area contributed by atoms with Crippen LogP contribution in [0.25, 0.3) is 0 Å². The first kappa shape index (κ1) is 8.84. The van der Waals surface area contributed by atoms with E-state index in [-0.39, 0.29) is 0 Å². The van der Waals surface area contributed by atoms with E-state index in [9.17, 15) is 0 Å². The second-order valence-corrected chi connectivity index (χ2v) is 2.60. The SMILES string of the molecule is [CH2]CCCNc1ccncc1N. The van der Waals surface area contributed by atoms with Gasteiger partial charge in [-0.3, -0.25) is 4.98 Å². The molecule has 1 heterocycles. The summed E-state index contributed by atoms with van der Waals surface area (Å²) in [6.45, 7) is 4.67. The fourth-order valence-corrected chi connectivity index (χ4v) is 0.916. The minimum atomic E-state index is 0.696. The van der Waals surface area contributed by atoms with E-state index in [1.165, 1.54) is 0 Å². The number of nitrogen functional groups attached to an aromatic ring is 1. The van der Waals surface area contributed by atoms with Crippen LogP contribution in [0.2, 0.25) is 0 Å². The van der Waals surface area contributed by atoms with E-state index >= 15 is 0 Å². The van der Waals surface area contributed by atoms with Crippen LogP contribution in [0.4, 0.5) is 11.4 Å². The summed E-state index contributed by atoms with van der Waals surface area (Å²) in [6.07, 6.45) is 5.37. The van der Waals surface area contributed by atoms with Crippen molar-refractivity contribution in [2.75, 3.05) is 17.6 Å². The highest BCUT2D eigenvalue weighted by Gasteiger charge is 1.94. The summed E-state index contributed by atoms with van der Waals surface area (Å²) < 4.78 is 0. The highest BCUT2D eigenvalue weighted by molar-refractivity contribution is 5.63. The van der Waals surface area contributed by atoms with Crippen LogP contribution in [-0.4, -0.2) is 11.5 Å². The number of pyridine rings is 1. The van der Waals surface area contributed by atoms with Gasteiger partial charge in [-0.1, -0.05) is 13.3 Å². The van der Waals surface area contributed by atoms with Gasteiger partial charge in [0.05, 0.1) is 17.6 Å². The Balaban J connectivity index is 2.46. The molecule has 0 atom stereocenters. The molecule has 0 saturated carbocycles. The highest BCUT2D eigenvalue weighted by atomic mass is 14.9. The molecular weight excluding hydrogens is 150 g/mol. The Morgan fingerprint density at radius 2 is 2.42 bits per heavy atom.